The number of hydrogen-bond acceptors (Lipinski definition) is 5. The predicted octanol–water partition coefficient (Wildman–Crippen LogP) is 4.63. The Labute approximate surface area is 201 Å². The third-order valence-electron chi connectivity index (χ3n) is 6.21. The number of amides is 2. The molecule has 1 saturated heterocycles. The minimum atomic E-state index is -0.422. The Bertz CT molecular complexity index is 1040. The zero-order valence-electron chi connectivity index (χ0n) is 18.7. The topological polar surface area (TPSA) is 76.2 Å². The first kappa shape index (κ1) is 23.3. The van der Waals surface area contributed by atoms with Crippen LogP contribution in [0.1, 0.15) is 43.7 Å². The molecule has 2 aliphatic heterocycles. The minimum Gasteiger partial charge on any atom is -0.461 e. The van der Waals surface area contributed by atoms with Crippen molar-refractivity contribution < 1.29 is 23.9 Å². The molecule has 2 aliphatic rings. The molecule has 2 amide bonds. The molecule has 0 aliphatic carbocycles. The van der Waals surface area contributed by atoms with Crippen LogP contribution in [0, 0.1) is 0 Å². The van der Waals surface area contributed by atoms with E-state index in [2.05, 4.69) is 15.9 Å². The Balaban J connectivity index is 1.51. The van der Waals surface area contributed by atoms with Crippen LogP contribution in [0.5, 0.6) is 0 Å². The first-order valence-electron chi connectivity index (χ1n) is 11.0. The zero-order valence-corrected chi connectivity index (χ0v) is 20.3. The highest BCUT2D eigenvalue weighted by Gasteiger charge is 2.41. The smallest absolute Gasteiger partial charge is 0.410 e. The second-order valence-electron chi connectivity index (χ2n) is 8.58. The van der Waals surface area contributed by atoms with Gasteiger partial charge in [-0.15, -0.1) is 0 Å². The summed E-state index contributed by atoms with van der Waals surface area (Å²) in [5, 5.41) is 0. The molecule has 0 bridgehead atoms. The Morgan fingerprint density at radius 1 is 1.06 bits per heavy atom. The lowest BCUT2D eigenvalue weighted by atomic mass is 9.92. The number of carbonyl (C=O) groups is 3. The summed E-state index contributed by atoms with van der Waals surface area (Å²) >= 11 is 3.53. The quantitative estimate of drug-likeness (QED) is 0.543. The average Bonchev–Trinajstić information content (AvgIpc) is 3.33. The molecule has 0 spiro atoms. The SMILES string of the molecule is CC(=O)OC1CC(C[C@H]2CN(C(C)=O)c3ccc(Br)cc32)N(C(=O)OCc2ccccc2)C1. The number of anilines is 1. The molecule has 3 atom stereocenters. The van der Waals surface area contributed by atoms with Crippen LogP contribution < -0.4 is 4.90 Å². The third kappa shape index (κ3) is 5.38. The van der Waals surface area contributed by atoms with Gasteiger partial charge in [0.15, 0.2) is 0 Å². The Hall–Kier alpha value is -2.87. The molecule has 0 saturated carbocycles. The number of halogens is 1. The normalized spacial score (nSPS) is 21.6. The average molecular weight is 515 g/mol. The lowest BCUT2D eigenvalue weighted by Gasteiger charge is -2.26. The predicted molar refractivity (Wildman–Crippen MR) is 127 cm³/mol. The summed E-state index contributed by atoms with van der Waals surface area (Å²) in [6, 6.07) is 15.3. The number of ether oxygens (including phenoxy) is 2. The van der Waals surface area contributed by atoms with Gasteiger partial charge < -0.3 is 19.3 Å². The number of likely N-dealkylation sites (tertiary alicyclic amines) is 1. The fourth-order valence-electron chi connectivity index (χ4n) is 4.79. The summed E-state index contributed by atoms with van der Waals surface area (Å²) in [5.41, 5.74) is 2.89. The fourth-order valence-corrected chi connectivity index (χ4v) is 5.17. The number of hydrogen-bond donors (Lipinski definition) is 0. The van der Waals surface area contributed by atoms with Crippen LogP contribution >= 0.6 is 15.9 Å². The third-order valence-corrected chi connectivity index (χ3v) is 6.70. The van der Waals surface area contributed by atoms with E-state index in [0.717, 1.165) is 21.3 Å². The van der Waals surface area contributed by atoms with Crippen LogP contribution in [-0.2, 0) is 25.7 Å². The van der Waals surface area contributed by atoms with E-state index in [1.807, 2.05) is 48.5 Å². The van der Waals surface area contributed by atoms with Crippen molar-refractivity contribution in [2.75, 3.05) is 18.0 Å². The highest BCUT2D eigenvalue weighted by molar-refractivity contribution is 9.10. The van der Waals surface area contributed by atoms with E-state index in [4.69, 9.17) is 9.47 Å². The summed E-state index contributed by atoms with van der Waals surface area (Å²) in [4.78, 5) is 40.2. The summed E-state index contributed by atoms with van der Waals surface area (Å²) in [6.45, 7) is 3.97. The molecule has 2 unspecified atom stereocenters. The molecule has 0 N–H and O–H groups in total. The molecule has 0 aromatic heterocycles. The van der Waals surface area contributed by atoms with Crippen LogP contribution in [0.25, 0.3) is 0 Å². The summed E-state index contributed by atoms with van der Waals surface area (Å²) in [7, 11) is 0. The van der Waals surface area contributed by atoms with Crippen molar-refractivity contribution in [3.63, 3.8) is 0 Å². The van der Waals surface area contributed by atoms with E-state index >= 15 is 0 Å². The molecular weight excluding hydrogens is 488 g/mol. The molecule has 1 fully saturated rings. The van der Waals surface area contributed by atoms with Crippen molar-refractivity contribution >= 4 is 39.6 Å². The first-order chi connectivity index (χ1) is 15.8. The standard InChI is InChI=1S/C25H27BrN2O5/c1-16(29)27-13-19(23-11-20(26)8-9-24(23)27)10-21-12-22(33-17(2)30)14-28(21)25(31)32-15-18-6-4-3-5-7-18/h3-9,11,19,21-22H,10,12-15H2,1-2H3/t19-,21?,22?/m0/s1. The van der Waals surface area contributed by atoms with Gasteiger partial charge in [-0.1, -0.05) is 46.3 Å². The van der Waals surface area contributed by atoms with E-state index in [-0.39, 0.29) is 36.5 Å². The minimum absolute atomic E-state index is 0.00980. The van der Waals surface area contributed by atoms with Crippen molar-refractivity contribution in [3.05, 3.63) is 64.1 Å². The highest BCUT2D eigenvalue weighted by Crippen LogP contribution is 2.42. The molecular formula is C25H27BrN2O5. The Kier molecular flexibility index (Phi) is 7.02. The van der Waals surface area contributed by atoms with E-state index in [1.54, 1.807) is 16.7 Å². The molecule has 2 heterocycles. The molecule has 174 valence electrons. The Morgan fingerprint density at radius 2 is 1.82 bits per heavy atom. The van der Waals surface area contributed by atoms with Gasteiger partial charge in [-0.2, -0.15) is 0 Å². The van der Waals surface area contributed by atoms with E-state index in [1.165, 1.54) is 6.92 Å². The maximum absolute atomic E-state index is 13.0. The van der Waals surface area contributed by atoms with E-state index in [0.29, 0.717) is 25.9 Å². The van der Waals surface area contributed by atoms with Crippen LogP contribution in [0.2, 0.25) is 0 Å². The van der Waals surface area contributed by atoms with Gasteiger partial charge >= 0.3 is 12.1 Å². The van der Waals surface area contributed by atoms with Crippen LogP contribution in [0.4, 0.5) is 10.5 Å². The van der Waals surface area contributed by atoms with Gasteiger partial charge in [0.2, 0.25) is 5.91 Å². The van der Waals surface area contributed by atoms with Crippen LogP contribution in [0.3, 0.4) is 0 Å². The van der Waals surface area contributed by atoms with Gasteiger partial charge in [0.1, 0.15) is 12.7 Å². The maximum Gasteiger partial charge on any atom is 0.410 e. The Morgan fingerprint density at radius 3 is 2.52 bits per heavy atom. The second-order valence-corrected chi connectivity index (χ2v) is 9.49. The molecule has 0 radical (unpaired) electrons. The molecule has 4 rings (SSSR count). The number of benzene rings is 2. The molecule has 8 heteroatoms. The number of carbonyl (C=O) groups excluding carboxylic acids is 3. The van der Waals surface area contributed by atoms with Crippen molar-refractivity contribution in [2.24, 2.45) is 0 Å². The van der Waals surface area contributed by atoms with Crippen molar-refractivity contribution in [3.8, 4) is 0 Å². The van der Waals surface area contributed by atoms with Gasteiger partial charge in [0, 0.05) is 48.9 Å². The number of esters is 1. The lowest BCUT2D eigenvalue weighted by Crippen LogP contribution is -2.38. The summed E-state index contributed by atoms with van der Waals surface area (Å²) in [5.74, 6) is -0.313. The largest absolute Gasteiger partial charge is 0.461 e. The molecule has 2 aromatic rings. The highest BCUT2D eigenvalue weighted by atomic mass is 79.9. The molecule has 33 heavy (non-hydrogen) atoms. The molecule has 2 aromatic carbocycles. The van der Waals surface area contributed by atoms with Crippen LogP contribution in [0.15, 0.2) is 53.0 Å². The monoisotopic (exact) mass is 514 g/mol. The van der Waals surface area contributed by atoms with Gasteiger partial charge in [-0.05, 0) is 35.7 Å². The number of fused-ring (bicyclic) bond motifs is 1. The van der Waals surface area contributed by atoms with Crippen molar-refractivity contribution in [1.29, 1.82) is 0 Å². The van der Waals surface area contributed by atoms with E-state index in [9.17, 15) is 14.4 Å². The van der Waals surface area contributed by atoms with Crippen LogP contribution in [-0.4, -0.2) is 48.1 Å². The van der Waals surface area contributed by atoms with Gasteiger partial charge in [0.05, 0.1) is 6.54 Å². The van der Waals surface area contributed by atoms with Gasteiger partial charge in [0.25, 0.3) is 0 Å². The van der Waals surface area contributed by atoms with Crippen molar-refractivity contribution in [2.45, 2.75) is 51.4 Å². The number of nitrogens with zero attached hydrogens (tertiary/aromatic N) is 2. The fraction of sp³-hybridized carbons (Fsp3) is 0.400. The first-order valence-corrected chi connectivity index (χ1v) is 11.8. The van der Waals surface area contributed by atoms with Gasteiger partial charge in [-0.3, -0.25) is 9.59 Å². The molecule has 7 nitrogen and oxygen atoms in total. The summed E-state index contributed by atoms with van der Waals surface area (Å²) in [6.07, 6.45) is 0.393. The van der Waals surface area contributed by atoms with Gasteiger partial charge in [-0.25, -0.2) is 4.79 Å². The van der Waals surface area contributed by atoms with Crippen molar-refractivity contribution in [1.82, 2.24) is 4.90 Å². The van der Waals surface area contributed by atoms with E-state index < -0.39 is 6.09 Å². The zero-order chi connectivity index (χ0) is 23.5. The second kappa shape index (κ2) is 9.95. The summed E-state index contributed by atoms with van der Waals surface area (Å²) < 4.78 is 12.0. The lowest BCUT2D eigenvalue weighted by molar-refractivity contribution is -0.145. The maximum atomic E-state index is 13.0. The number of rotatable bonds is 5.